The number of nitrogens with zero attached hydrogens (tertiary/aromatic N) is 2. The number of ether oxygens (including phenoxy) is 1. The maximum Gasteiger partial charge on any atom is 0.264 e. The van der Waals surface area contributed by atoms with Crippen LogP contribution in [0.4, 0.5) is 5.69 Å². The number of aryl methyl sites for hydroxylation is 2. The molecule has 0 saturated heterocycles. The molecule has 2 amide bonds. The van der Waals surface area contributed by atoms with Gasteiger partial charge in [0, 0.05) is 13.1 Å². The molecule has 0 radical (unpaired) electrons. The minimum Gasteiger partial charge on any atom is -0.496 e. The third kappa shape index (κ3) is 8.33. The highest BCUT2D eigenvalue weighted by Gasteiger charge is 2.32. The highest BCUT2D eigenvalue weighted by atomic mass is 79.9. The Kier molecular flexibility index (Phi) is 11.4. The standard InChI is InChI=1S/C31H38BrN3O5S/c1-6-7-18-33-31(37)24(4)34(20-25-12-8-22(2)9-13-25)30(36)21-35(26-14-10-23(3)11-15-26)41(38,39)27-16-17-29(40-5)28(32)19-27/h8-17,19,24H,6-7,18,20-21H2,1-5H3,(H,33,37)/t24-/m0/s1. The quantitative estimate of drug-likeness (QED) is 0.245. The van der Waals surface area contributed by atoms with Gasteiger partial charge < -0.3 is 15.0 Å². The molecule has 0 spiro atoms. The Morgan fingerprint density at radius 1 is 0.976 bits per heavy atom. The summed E-state index contributed by atoms with van der Waals surface area (Å²) in [5, 5.41) is 2.90. The van der Waals surface area contributed by atoms with Crippen LogP contribution >= 0.6 is 15.9 Å². The number of anilines is 1. The molecule has 0 aromatic heterocycles. The fraction of sp³-hybridized carbons (Fsp3) is 0.355. The molecule has 41 heavy (non-hydrogen) atoms. The Bertz CT molecular complexity index is 1440. The average molecular weight is 645 g/mol. The van der Waals surface area contributed by atoms with Crippen molar-refractivity contribution in [3.05, 3.63) is 87.9 Å². The van der Waals surface area contributed by atoms with Crippen molar-refractivity contribution in [1.82, 2.24) is 10.2 Å². The molecule has 0 bridgehead atoms. The molecule has 8 nitrogen and oxygen atoms in total. The number of methoxy groups -OCH3 is 1. The number of halogens is 1. The van der Waals surface area contributed by atoms with Gasteiger partial charge in [-0.3, -0.25) is 13.9 Å². The first-order valence-electron chi connectivity index (χ1n) is 13.5. The molecule has 0 aliphatic heterocycles. The zero-order valence-electron chi connectivity index (χ0n) is 24.2. The molecule has 0 fully saturated rings. The molecule has 0 heterocycles. The lowest BCUT2D eigenvalue weighted by Gasteiger charge is -2.32. The normalized spacial score (nSPS) is 12.0. The van der Waals surface area contributed by atoms with Gasteiger partial charge in [0.1, 0.15) is 18.3 Å². The van der Waals surface area contributed by atoms with Gasteiger partial charge in [-0.1, -0.05) is 60.9 Å². The van der Waals surface area contributed by atoms with Gasteiger partial charge in [-0.25, -0.2) is 8.42 Å². The SMILES string of the molecule is CCCCNC(=O)[C@H](C)N(Cc1ccc(C)cc1)C(=O)CN(c1ccc(C)cc1)S(=O)(=O)c1ccc(OC)c(Br)c1. The zero-order chi connectivity index (χ0) is 30.2. The molecule has 3 aromatic rings. The van der Waals surface area contributed by atoms with Crippen LogP contribution in [0.1, 0.15) is 43.4 Å². The fourth-order valence-corrected chi connectivity index (χ4v) is 6.32. The summed E-state index contributed by atoms with van der Waals surface area (Å²) in [6.45, 7) is 7.73. The monoisotopic (exact) mass is 643 g/mol. The fourth-order valence-electron chi connectivity index (χ4n) is 4.18. The van der Waals surface area contributed by atoms with Crippen molar-refractivity contribution >= 4 is 43.5 Å². The molecule has 0 aliphatic rings. The molecule has 0 unspecified atom stereocenters. The van der Waals surface area contributed by atoms with E-state index in [1.165, 1.54) is 24.1 Å². The molecule has 0 saturated carbocycles. The predicted octanol–water partition coefficient (Wildman–Crippen LogP) is 5.60. The van der Waals surface area contributed by atoms with Gasteiger partial charge >= 0.3 is 0 Å². The zero-order valence-corrected chi connectivity index (χ0v) is 26.6. The van der Waals surface area contributed by atoms with E-state index in [1.807, 2.05) is 45.0 Å². The summed E-state index contributed by atoms with van der Waals surface area (Å²) in [7, 11) is -2.69. The van der Waals surface area contributed by atoms with Crippen molar-refractivity contribution in [3.8, 4) is 5.75 Å². The highest BCUT2D eigenvalue weighted by molar-refractivity contribution is 9.10. The van der Waals surface area contributed by atoms with Gasteiger partial charge in [0.15, 0.2) is 0 Å². The molecule has 220 valence electrons. The topological polar surface area (TPSA) is 96.0 Å². The van der Waals surface area contributed by atoms with Crippen LogP contribution in [-0.4, -0.2) is 51.4 Å². The van der Waals surface area contributed by atoms with Crippen molar-refractivity contribution in [2.45, 2.75) is 58.0 Å². The number of benzene rings is 3. The number of carbonyl (C=O) groups excluding carboxylic acids is 2. The van der Waals surface area contributed by atoms with Crippen molar-refractivity contribution in [1.29, 1.82) is 0 Å². The summed E-state index contributed by atoms with van der Waals surface area (Å²) in [5.41, 5.74) is 3.19. The van der Waals surface area contributed by atoms with Crippen LogP contribution in [-0.2, 0) is 26.2 Å². The first-order valence-corrected chi connectivity index (χ1v) is 15.8. The van der Waals surface area contributed by atoms with E-state index in [-0.39, 0.29) is 17.3 Å². The van der Waals surface area contributed by atoms with Gasteiger partial charge in [0.2, 0.25) is 11.8 Å². The van der Waals surface area contributed by atoms with E-state index in [2.05, 4.69) is 21.2 Å². The Balaban J connectivity index is 2.01. The average Bonchev–Trinajstić information content (AvgIpc) is 2.95. The lowest BCUT2D eigenvalue weighted by atomic mass is 10.1. The number of sulfonamides is 1. The van der Waals surface area contributed by atoms with Crippen molar-refractivity contribution in [3.63, 3.8) is 0 Å². The van der Waals surface area contributed by atoms with Crippen molar-refractivity contribution < 1.29 is 22.7 Å². The molecule has 3 aromatic carbocycles. The van der Waals surface area contributed by atoms with Crippen LogP contribution in [0, 0.1) is 13.8 Å². The van der Waals surface area contributed by atoms with E-state index in [1.54, 1.807) is 37.3 Å². The van der Waals surface area contributed by atoms with Crippen molar-refractivity contribution in [2.75, 3.05) is 24.5 Å². The largest absolute Gasteiger partial charge is 0.496 e. The number of unbranched alkanes of at least 4 members (excludes halogenated alkanes) is 1. The van der Waals surface area contributed by atoms with Crippen LogP contribution in [0.5, 0.6) is 5.75 Å². The maximum atomic E-state index is 14.0. The van der Waals surface area contributed by atoms with E-state index >= 15 is 0 Å². The number of amides is 2. The Labute approximate surface area is 251 Å². The third-order valence-corrected chi connectivity index (χ3v) is 9.17. The second-order valence-electron chi connectivity index (χ2n) is 9.97. The maximum absolute atomic E-state index is 14.0. The van der Waals surface area contributed by atoms with Crippen LogP contribution in [0.2, 0.25) is 0 Å². The lowest BCUT2D eigenvalue weighted by Crippen LogP contribution is -2.51. The second-order valence-corrected chi connectivity index (χ2v) is 12.7. The van der Waals surface area contributed by atoms with Crippen LogP contribution < -0.4 is 14.4 Å². The second kappa shape index (κ2) is 14.5. The third-order valence-electron chi connectivity index (χ3n) is 6.78. The summed E-state index contributed by atoms with van der Waals surface area (Å²) in [6.07, 6.45) is 1.74. The molecule has 10 heteroatoms. The highest BCUT2D eigenvalue weighted by Crippen LogP contribution is 2.31. The van der Waals surface area contributed by atoms with E-state index in [0.717, 1.165) is 33.8 Å². The van der Waals surface area contributed by atoms with Crippen LogP contribution in [0.3, 0.4) is 0 Å². The van der Waals surface area contributed by atoms with Crippen LogP contribution in [0.15, 0.2) is 76.1 Å². The van der Waals surface area contributed by atoms with E-state index in [0.29, 0.717) is 22.5 Å². The summed E-state index contributed by atoms with van der Waals surface area (Å²) in [6, 6.07) is 18.2. The van der Waals surface area contributed by atoms with Gasteiger partial charge in [0.25, 0.3) is 10.0 Å². The molecular formula is C31H38BrN3O5S. The smallest absolute Gasteiger partial charge is 0.264 e. The number of rotatable bonds is 13. The molecule has 0 aliphatic carbocycles. The van der Waals surface area contributed by atoms with Gasteiger partial charge in [-0.2, -0.15) is 0 Å². The minimum atomic E-state index is -4.19. The summed E-state index contributed by atoms with van der Waals surface area (Å²) < 4.78 is 34.8. The van der Waals surface area contributed by atoms with E-state index in [4.69, 9.17) is 4.74 Å². The van der Waals surface area contributed by atoms with E-state index in [9.17, 15) is 18.0 Å². The van der Waals surface area contributed by atoms with Gasteiger partial charge in [-0.05, 0) is 79.0 Å². The van der Waals surface area contributed by atoms with Gasteiger partial charge in [0.05, 0.1) is 22.2 Å². The number of carbonyl (C=O) groups is 2. The summed E-state index contributed by atoms with van der Waals surface area (Å²) in [4.78, 5) is 28.5. The lowest BCUT2D eigenvalue weighted by molar-refractivity contribution is -0.139. The predicted molar refractivity (Wildman–Crippen MR) is 166 cm³/mol. The Morgan fingerprint density at radius 3 is 2.15 bits per heavy atom. The summed E-state index contributed by atoms with van der Waals surface area (Å²) in [5.74, 6) is -0.308. The Morgan fingerprint density at radius 2 is 1.59 bits per heavy atom. The molecular weight excluding hydrogens is 606 g/mol. The van der Waals surface area contributed by atoms with Crippen molar-refractivity contribution in [2.24, 2.45) is 0 Å². The molecule has 3 rings (SSSR count). The van der Waals surface area contributed by atoms with Gasteiger partial charge in [-0.15, -0.1) is 0 Å². The first kappa shape index (κ1) is 32.1. The van der Waals surface area contributed by atoms with Crippen LogP contribution in [0.25, 0.3) is 0 Å². The summed E-state index contributed by atoms with van der Waals surface area (Å²) >= 11 is 3.36. The number of hydrogen-bond acceptors (Lipinski definition) is 5. The number of nitrogens with one attached hydrogen (secondary N) is 1. The molecule has 1 N–H and O–H groups in total. The number of hydrogen-bond donors (Lipinski definition) is 1. The Hall–Kier alpha value is -3.37. The minimum absolute atomic E-state index is 0.00556. The first-order chi connectivity index (χ1) is 19.5. The van der Waals surface area contributed by atoms with E-state index < -0.39 is 28.5 Å². The molecule has 1 atom stereocenters.